The predicted molar refractivity (Wildman–Crippen MR) is 107 cm³/mol. The Hall–Kier alpha value is -2.51. The predicted octanol–water partition coefficient (Wildman–Crippen LogP) is 4.34. The van der Waals surface area contributed by atoms with Gasteiger partial charge >= 0.3 is 0 Å². The van der Waals surface area contributed by atoms with Crippen LogP contribution in [0.5, 0.6) is 0 Å². The zero-order valence-corrected chi connectivity index (χ0v) is 17.6. The van der Waals surface area contributed by atoms with Crippen molar-refractivity contribution in [2.45, 2.75) is 23.6 Å². The molecule has 0 saturated heterocycles. The summed E-state index contributed by atoms with van der Waals surface area (Å²) in [5.41, 5.74) is 1.26. The van der Waals surface area contributed by atoms with Crippen molar-refractivity contribution in [3.63, 3.8) is 0 Å². The van der Waals surface area contributed by atoms with Gasteiger partial charge in [-0.3, -0.25) is 9.11 Å². The second kappa shape index (κ2) is 7.72. The maximum Gasteiger partial charge on any atom is 0.296 e. The van der Waals surface area contributed by atoms with Gasteiger partial charge in [-0.1, -0.05) is 23.8 Å². The Morgan fingerprint density at radius 2 is 1.59 bits per heavy atom. The number of nitrogens with zero attached hydrogens (tertiary/aromatic N) is 3. The largest absolute Gasteiger partial charge is 0.296 e. The van der Waals surface area contributed by atoms with Crippen LogP contribution in [-0.2, 0) is 20.2 Å². The highest BCUT2D eigenvalue weighted by Gasteiger charge is 2.26. The van der Waals surface area contributed by atoms with Gasteiger partial charge in [0, 0.05) is 17.1 Å². The fraction of sp³-hybridized carbons (Fsp3) is 0.118. The minimum Gasteiger partial charge on any atom is -0.282 e. The molecule has 0 bridgehead atoms. The molecular weight excluding hydrogens is 438 g/mol. The molecule has 1 heterocycles. The third kappa shape index (κ3) is 4.74. The highest BCUT2D eigenvalue weighted by Crippen LogP contribution is 2.38. The van der Waals surface area contributed by atoms with Crippen molar-refractivity contribution in [3.05, 3.63) is 53.0 Å². The molecule has 0 unspecified atom stereocenters. The summed E-state index contributed by atoms with van der Waals surface area (Å²) in [6, 6.07) is 6.97. The van der Waals surface area contributed by atoms with E-state index in [0.717, 1.165) is 29.0 Å². The number of benzene rings is 2. The minimum absolute atomic E-state index is 0.0884. The molecule has 152 valence electrons. The summed E-state index contributed by atoms with van der Waals surface area (Å²) in [5, 5.41) is 9.28. The first-order valence-corrected chi connectivity index (χ1v) is 11.7. The van der Waals surface area contributed by atoms with E-state index < -0.39 is 35.7 Å². The molecule has 0 aliphatic carbocycles. The van der Waals surface area contributed by atoms with Crippen molar-refractivity contribution in [2.24, 2.45) is 10.2 Å². The van der Waals surface area contributed by atoms with E-state index in [-0.39, 0.29) is 10.7 Å². The summed E-state index contributed by atoms with van der Waals surface area (Å²) < 4.78 is 67.3. The zero-order valence-electron chi connectivity index (χ0n) is 15.1. The van der Waals surface area contributed by atoms with E-state index in [9.17, 15) is 25.9 Å². The topological polar surface area (TPSA) is 146 Å². The molecule has 3 aromatic rings. The molecular formula is C17H15N3O6S3. The van der Waals surface area contributed by atoms with Crippen LogP contribution < -0.4 is 0 Å². The van der Waals surface area contributed by atoms with E-state index in [2.05, 4.69) is 15.2 Å². The molecule has 2 aromatic carbocycles. The van der Waals surface area contributed by atoms with Crippen LogP contribution in [0.15, 0.2) is 61.9 Å². The summed E-state index contributed by atoms with van der Waals surface area (Å²) in [4.78, 5) is 2.64. The van der Waals surface area contributed by atoms with Crippen LogP contribution >= 0.6 is 11.3 Å². The van der Waals surface area contributed by atoms with Crippen LogP contribution in [0.4, 0.5) is 10.8 Å². The van der Waals surface area contributed by atoms with E-state index in [1.165, 1.54) is 6.20 Å². The van der Waals surface area contributed by atoms with E-state index in [0.29, 0.717) is 11.1 Å². The zero-order chi connectivity index (χ0) is 21.4. The van der Waals surface area contributed by atoms with Gasteiger partial charge in [-0.15, -0.1) is 21.6 Å². The molecule has 12 heteroatoms. The molecule has 0 spiro atoms. The number of azo groups is 1. The van der Waals surface area contributed by atoms with E-state index in [4.69, 9.17) is 0 Å². The standard InChI is InChI=1S/C17H15N3O6S3/c1-10-3-4-11(2)12(7-10)13-8-16(29(24,25)26)14(9-15(13)28(21,22)23)19-20-17-18-5-6-27-17/h3-9H,1-2H3,(H,21,22,23)(H,24,25,26). The van der Waals surface area contributed by atoms with Gasteiger partial charge in [0.1, 0.15) is 15.5 Å². The molecule has 0 amide bonds. The maximum absolute atomic E-state index is 12.0. The third-order valence-corrected chi connectivity index (χ3v) is 6.39. The molecule has 0 saturated carbocycles. The molecule has 9 nitrogen and oxygen atoms in total. The minimum atomic E-state index is -4.79. The second-order valence-corrected chi connectivity index (χ2v) is 9.75. The first-order valence-electron chi connectivity index (χ1n) is 7.98. The van der Waals surface area contributed by atoms with Gasteiger partial charge < -0.3 is 0 Å². The average Bonchev–Trinajstić information content (AvgIpc) is 3.13. The van der Waals surface area contributed by atoms with Crippen LogP contribution in [0.3, 0.4) is 0 Å². The molecule has 0 radical (unpaired) electrons. The van der Waals surface area contributed by atoms with Crippen molar-refractivity contribution in [2.75, 3.05) is 0 Å². The Bertz CT molecular complexity index is 1310. The Kier molecular flexibility index (Phi) is 5.65. The Morgan fingerprint density at radius 1 is 0.897 bits per heavy atom. The van der Waals surface area contributed by atoms with Crippen LogP contribution in [0.1, 0.15) is 11.1 Å². The first kappa shape index (κ1) is 21.2. The van der Waals surface area contributed by atoms with Crippen LogP contribution in [0.25, 0.3) is 11.1 Å². The van der Waals surface area contributed by atoms with Gasteiger partial charge in [0.15, 0.2) is 0 Å². The fourth-order valence-corrected chi connectivity index (χ4v) is 4.44. The number of hydrogen-bond acceptors (Lipinski definition) is 8. The van der Waals surface area contributed by atoms with Crippen LogP contribution in [0, 0.1) is 13.8 Å². The number of aromatic nitrogens is 1. The summed E-state index contributed by atoms with van der Waals surface area (Å²) in [5.74, 6) is 0. The van der Waals surface area contributed by atoms with E-state index >= 15 is 0 Å². The normalized spacial score (nSPS) is 12.6. The van der Waals surface area contributed by atoms with Gasteiger partial charge in [-0.2, -0.15) is 16.8 Å². The SMILES string of the molecule is Cc1ccc(C)c(-c2cc(S(=O)(=O)O)c(N=Nc3nccs3)cc2S(=O)(=O)O)c1. The molecule has 2 N–H and O–H groups in total. The third-order valence-electron chi connectivity index (χ3n) is 3.96. The summed E-state index contributed by atoms with van der Waals surface area (Å²) >= 11 is 1.12. The second-order valence-electron chi connectivity index (χ2n) is 6.10. The number of hydrogen-bond donors (Lipinski definition) is 2. The van der Waals surface area contributed by atoms with Crippen molar-refractivity contribution in [1.82, 2.24) is 4.98 Å². The average molecular weight is 454 g/mol. The van der Waals surface area contributed by atoms with Crippen molar-refractivity contribution >= 4 is 42.4 Å². The first-order chi connectivity index (χ1) is 13.5. The van der Waals surface area contributed by atoms with Crippen LogP contribution in [-0.4, -0.2) is 30.9 Å². The number of thiazole rings is 1. The highest BCUT2D eigenvalue weighted by molar-refractivity contribution is 7.86. The summed E-state index contributed by atoms with van der Waals surface area (Å²) in [7, 11) is -9.55. The quantitative estimate of drug-likeness (QED) is 0.431. The Labute approximate surface area is 171 Å². The monoisotopic (exact) mass is 453 g/mol. The van der Waals surface area contributed by atoms with E-state index in [1.807, 2.05) is 0 Å². The molecule has 0 aliphatic heterocycles. The van der Waals surface area contributed by atoms with Crippen molar-refractivity contribution < 1.29 is 25.9 Å². The molecule has 0 fully saturated rings. The van der Waals surface area contributed by atoms with Crippen molar-refractivity contribution in [1.29, 1.82) is 0 Å². The smallest absolute Gasteiger partial charge is 0.282 e. The van der Waals surface area contributed by atoms with Gasteiger partial charge in [-0.05, 0) is 37.1 Å². The lowest BCUT2D eigenvalue weighted by atomic mass is 9.98. The lowest BCUT2D eigenvalue weighted by molar-refractivity contribution is 0.479. The Balaban J connectivity index is 2.36. The van der Waals surface area contributed by atoms with Gasteiger partial charge in [0.25, 0.3) is 20.2 Å². The highest BCUT2D eigenvalue weighted by atomic mass is 32.2. The molecule has 29 heavy (non-hydrogen) atoms. The van der Waals surface area contributed by atoms with Crippen LogP contribution in [0.2, 0.25) is 0 Å². The summed E-state index contributed by atoms with van der Waals surface area (Å²) in [6.07, 6.45) is 1.45. The van der Waals surface area contributed by atoms with Gasteiger partial charge in [0.2, 0.25) is 5.13 Å². The van der Waals surface area contributed by atoms with Gasteiger partial charge in [-0.25, -0.2) is 4.98 Å². The maximum atomic E-state index is 12.0. The number of aryl methyl sites for hydroxylation is 2. The lowest BCUT2D eigenvalue weighted by Gasteiger charge is -2.14. The molecule has 0 atom stereocenters. The number of rotatable bonds is 5. The lowest BCUT2D eigenvalue weighted by Crippen LogP contribution is -2.06. The van der Waals surface area contributed by atoms with Crippen molar-refractivity contribution in [3.8, 4) is 11.1 Å². The molecule has 3 rings (SSSR count). The molecule has 0 aliphatic rings. The Morgan fingerprint density at radius 3 is 2.17 bits per heavy atom. The fourth-order valence-electron chi connectivity index (χ4n) is 2.65. The van der Waals surface area contributed by atoms with Gasteiger partial charge in [0.05, 0.1) is 0 Å². The van der Waals surface area contributed by atoms with E-state index in [1.54, 1.807) is 37.4 Å². The summed E-state index contributed by atoms with van der Waals surface area (Å²) in [6.45, 7) is 3.47. The molecule has 1 aromatic heterocycles.